The van der Waals surface area contributed by atoms with E-state index in [-0.39, 0.29) is 10.9 Å². The molecule has 0 bridgehead atoms. The van der Waals surface area contributed by atoms with Gasteiger partial charge in [-0.05, 0) is 45.1 Å². The van der Waals surface area contributed by atoms with Crippen molar-refractivity contribution in [3.63, 3.8) is 0 Å². The van der Waals surface area contributed by atoms with Crippen LogP contribution in [-0.4, -0.2) is 40.0 Å². The Morgan fingerprint density at radius 2 is 2.00 bits per heavy atom. The molecule has 0 aliphatic rings. The summed E-state index contributed by atoms with van der Waals surface area (Å²) in [6.45, 7) is 4.41. The summed E-state index contributed by atoms with van der Waals surface area (Å²) in [6.07, 6.45) is 0.651. The normalized spacial score (nSPS) is 13.7. The minimum absolute atomic E-state index is 0.161. The molecule has 108 valence electrons. The first-order valence-corrected chi connectivity index (χ1v) is 7.80. The number of nitrogens with zero attached hydrogens (tertiary/aromatic N) is 1. The summed E-state index contributed by atoms with van der Waals surface area (Å²) in [5, 5.41) is 0. The fraction of sp³-hybridized carbons (Fsp3) is 0.538. The van der Waals surface area contributed by atoms with Crippen LogP contribution in [0.15, 0.2) is 23.1 Å². The maximum Gasteiger partial charge on any atom is 0.241 e. The molecule has 0 aliphatic carbocycles. The predicted octanol–water partition coefficient (Wildman–Crippen LogP) is 1.06. The molecule has 1 aromatic rings. The number of likely N-dealkylation sites (N-methyl/N-ethyl adjacent to an activating group) is 1. The molecule has 0 aromatic heterocycles. The van der Waals surface area contributed by atoms with E-state index in [1.807, 2.05) is 32.8 Å². The molecule has 0 heterocycles. The minimum Gasteiger partial charge on any atom is -0.399 e. The van der Waals surface area contributed by atoms with Crippen LogP contribution in [0.1, 0.15) is 19.4 Å². The number of nitrogen functional groups attached to an aromatic ring is 1. The van der Waals surface area contributed by atoms with Gasteiger partial charge in [0.1, 0.15) is 0 Å². The van der Waals surface area contributed by atoms with Gasteiger partial charge in [0.2, 0.25) is 10.0 Å². The Hall–Kier alpha value is -1.11. The van der Waals surface area contributed by atoms with Gasteiger partial charge >= 0.3 is 0 Å². The highest BCUT2D eigenvalue weighted by molar-refractivity contribution is 7.89. The van der Waals surface area contributed by atoms with Crippen LogP contribution in [0.2, 0.25) is 0 Å². The molecule has 0 amide bonds. The summed E-state index contributed by atoms with van der Waals surface area (Å²) >= 11 is 0. The van der Waals surface area contributed by atoms with Gasteiger partial charge in [0.25, 0.3) is 0 Å². The Morgan fingerprint density at radius 3 is 2.53 bits per heavy atom. The summed E-state index contributed by atoms with van der Waals surface area (Å²) in [4.78, 5) is 2.22. The van der Waals surface area contributed by atoms with E-state index in [0.717, 1.165) is 5.56 Å². The molecule has 0 radical (unpaired) electrons. The molecule has 1 atom stereocenters. The molecular weight excluding hydrogens is 262 g/mol. The fourth-order valence-electron chi connectivity index (χ4n) is 2.03. The first-order chi connectivity index (χ1) is 8.76. The van der Waals surface area contributed by atoms with Gasteiger partial charge in [0, 0.05) is 18.3 Å². The number of anilines is 1. The number of benzene rings is 1. The second kappa shape index (κ2) is 6.36. The lowest BCUT2D eigenvalue weighted by atomic mass is 10.1. The average Bonchev–Trinajstić information content (AvgIpc) is 2.26. The minimum atomic E-state index is -3.53. The van der Waals surface area contributed by atoms with E-state index >= 15 is 0 Å². The van der Waals surface area contributed by atoms with Crippen LogP contribution in [0, 0.1) is 0 Å². The van der Waals surface area contributed by atoms with Gasteiger partial charge in [-0.1, -0.05) is 13.0 Å². The molecule has 1 aromatic carbocycles. The Balaban J connectivity index is 3.03. The molecule has 0 saturated carbocycles. The smallest absolute Gasteiger partial charge is 0.241 e. The Bertz CT molecular complexity index is 527. The maximum absolute atomic E-state index is 12.4. The van der Waals surface area contributed by atoms with E-state index < -0.39 is 10.0 Å². The van der Waals surface area contributed by atoms with Crippen LogP contribution in [0.4, 0.5) is 5.69 Å². The van der Waals surface area contributed by atoms with E-state index in [9.17, 15) is 8.42 Å². The Kier molecular flexibility index (Phi) is 5.34. The van der Waals surface area contributed by atoms with E-state index in [4.69, 9.17) is 5.73 Å². The van der Waals surface area contributed by atoms with Gasteiger partial charge in [0.05, 0.1) is 4.90 Å². The molecule has 3 N–H and O–H groups in total. The number of sulfonamides is 1. The van der Waals surface area contributed by atoms with Crippen LogP contribution in [0.3, 0.4) is 0 Å². The molecular formula is C13H23N3O2S. The van der Waals surface area contributed by atoms with Crippen LogP contribution in [-0.2, 0) is 16.4 Å². The van der Waals surface area contributed by atoms with Crippen molar-refractivity contribution in [1.82, 2.24) is 9.62 Å². The summed E-state index contributed by atoms with van der Waals surface area (Å²) in [5.74, 6) is 0. The van der Waals surface area contributed by atoms with Gasteiger partial charge in [-0.25, -0.2) is 13.1 Å². The number of aryl methyl sites for hydroxylation is 1. The zero-order valence-corrected chi connectivity index (χ0v) is 12.8. The van der Waals surface area contributed by atoms with Crippen molar-refractivity contribution in [3.05, 3.63) is 23.8 Å². The van der Waals surface area contributed by atoms with Crippen molar-refractivity contribution in [2.45, 2.75) is 31.2 Å². The van der Waals surface area contributed by atoms with E-state index in [1.54, 1.807) is 12.1 Å². The molecule has 0 aliphatic heterocycles. The van der Waals surface area contributed by atoms with E-state index in [2.05, 4.69) is 4.72 Å². The monoisotopic (exact) mass is 285 g/mol. The third kappa shape index (κ3) is 4.49. The highest BCUT2D eigenvalue weighted by Crippen LogP contribution is 2.20. The summed E-state index contributed by atoms with van der Waals surface area (Å²) in [6, 6.07) is 4.84. The highest BCUT2D eigenvalue weighted by atomic mass is 32.2. The first-order valence-electron chi connectivity index (χ1n) is 6.31. The number of hydrogen-bond donors (Lipinski definition) is 2. The van der Waals surface area contributed by atoms with Crippen LogP contribution in [0.5, 0.6) is 0 Å². The maximum atomic E-state index is 12.4. The first kappa shape index (κ1) is 15.9. The number of hydrogen-bond acceptors (Lipinski definition) is 4. The van der Waals surface area contributed by atoms with Crippen molar-refractivity contribution >= 4 is 15.7 Å². The predicted molar refractivity (Wildman–Crippen MR) is 78.6 cm³/mol. The lowest BCUT2D eigenvalue weighted by molar-refractivity contribution is 0.370. The standard InChI is InChI=1S/C13H23N3O2S/c1-5-11-6-7-12(14)8-13(11)19(17,18)15-10(2)9-16(3)4/h6-8,10,15H,5,9,14H2,1-4H3. The lowest BCUT2D eigenvalue weighted by Crippen LogP contribution is -2.39. The highest BCUT2D eigenvalue weighted by Gasteiger charge is 2.20. The third-order valence-electron chi connectivity index (χ3n) is 2.76. The van der Waals surface area contributed by atoms with Crippen LogP contribution < -0.4 is 10.5 Å². The molecule has 0 spiro atoms. The summed E-state index contributed by atoms with van der Waals surface area (Å²) < 4.78 is 27.4. The zero-order chi connectivity index (χ0) is 14.6. The Morgan fingerprint density at radius 1 is 1.37 bits per heavy atom. The second-order valence-electron chi connectivity index (χ2n) is 5.01. The second-order valence-corrected chi connectivity index (χ2v) is 6.69. The zero-order valence-electron chi connectivity index (χ0n) is 12.0. The average molecular weight is 285 g/mol. The molecule has 1 rings (SSSR count). The number of nitrogens with one attached hydrogen (secondary N) is 1. The van der Waals surface area contributed by atoms with E-state index in [0.29, 0.717) is 18.7 Å². The Labute approximate surface area is 115 Å². The van der Waals surface area contributed by atoms with Crippen LogP contribution in [0.25, 0.3) is 0 Å². The van der Waals surface area contributed by atoms with Gasteiger partial charge in [-0.3, -0.25) is 0 Å². The van der Waals surface area contributed by atoms with Crippen molar-refractivity contribution in [2.75, 3.05) is 26.4 Å². The van der Waals surface area contributed by atoms with Gasteiger partial charge in [0.15, 0.2) is 0 Å². The molecule has 1 unspecified atom stereocenters. The van der Waals surface area contributed by atoms with Crippen LogP contribution >= 0.6 is 0 Å². The molecule has 0 fully saturated rings. The van der Waals surface area contributed by atoms with Crippen molar-refractivity contribution in [2.24, 2.45) is 0 Å². The lowest BCUT2D eigenvalue weighted by Gasteiger charge is -2.19. The molecule has 6 heteroatoms. The molecule has 5 nitrogen and oxygen atoms in total. The van der Waals surface area contributed by atoms with Crippen molar-refractivity contribution < 1.29 is 8.42 Å². The van der Waals surface area contributed by atoms with Gasteiger partial charge in [-0.2, -0.15) is 0 Å². The third-order valence-corrected chi connectivity index (χ3v) is 4.43. The molecule has 19 heavy (non-hydrogen) atoms. The summed E-state index contributed by atoms with van der Waals surface area (Å²) in [7, 11) is 0.284. The van der Waals surface area contributed by atoms with Gasteiger partial charge in [-0.15, -0.1) is 0 Å². The van der Waals surface area contributed by atoms with Crippen molar-refractivity contribution in [3.8, 4) is 0 Å². The molecule has 0 saturated heterocycles. The topological polar surface area (TPSA) is 75.4 Å². The SMILES string of the molecule is CCc1ccc(N)cc1S(=O)(=O)NC(C)CN(C)C. The largest absolute Gasteiger partial charge is 0.399 e. The van der Waals surface area contributed by atoms with Crippen molar-refractivity contribution in [1.29, 1.82) is 0 Å². The number of nitrogens with two attached hydrogens (primary N) is 1. The van der Waals surface area contributed by atoms with E-state index in [1.165, 1.54) is 6.07 Å². The van der Waals surface area contributed by atoms with Gasteiger partial charge < -0.3 is 10.6 Å². The quantitative estimate of drug-likeness (QED) is 0.766. The summed E-state index contributed by atoms with van der Waals surface area (Å²) in [5.41, 5.74) is 6.92. The fourth-order valence-corrected chi connectivity index (χ4v) is 3.61. The number of rotatable bonds is 6.